The second-order valence-corrected chi connectivity index (χ2v) is 3.90. The Balaban J connectivity index is 1.99. The van der Waals surface area contributed by atoms with Crippen LogP contribution in [0.5, 0.6) is 0 Å². The van der Waals surface area contributed by atoms with E-state index in [1.807, 2.05) is 36.4 Å². The molecule has 0 saturated carbocycles. The Hall–Kier alpha value is -2.49. The van der Waals surface area contributed by atoms with Gasteiger partial charge in [-0.25, -0.2) is 9.79 Å². The first-order chi connectivity index (χ1) is 8.84. The number of carbonyl (C=O) groups is 1. The molecule has 0 aliphatic carbocycles. The van der Waals surface area contributed by atoms with Crippen LogP contribution in [0.3, 0.4) is 0 Å². The van der Waals surface area contributed by atoms with Crippen molar-refractivity contribution in [2.75, 3.05) is 6.54 Å². The third-order valence-electron chi connectivity index (χ3n) is 2.67. The molecule has 0 fully saturated rings. The largest absolute Gasteiger partial charge is 0.402 e. The van der Waals surface area contributed by atoms with Gasteiger partial charge < -0.3 is 4.74 Å². The number of dihydropyridines is 1. The van der Waals surface area contributed by atoms with Gasteiger partial charge in [0.05, 0.1) is 6.54 Å². The van der Waals surface area contributed by atoms with Gasteiger partial charge in [-0.2, -0.15) is 0 Å². The summed E-state index contributed by atoms with van der Waals surface area (Å²) in [5.74, 6) is -0.0587. The Kier molecular flexibility index (Phi) is 2.61. The summed E-state index contributed by atoms with van der Waals surface area (Å²) < 4.78 is 5.18. The summed E-state index contributed by atoms with van der Waals surface area (Å²) in [6.45, 7) is 0.465. The molecule has 2 aliphatic heterocycles. The van der Waals surface area contributed by atoms with Crippen LogP contribution >= 0.6 is 0 Å². The molecule has 0 unspecified atom stereocenters. The van der Waals surface area contributed by atoms with Crippen molar-refractivity contribution in [1.29, 1.82) is 0 Å². The van der Waals surface area contributed by atoms with Gasteiger partial charge in [0, 0.05) is 17.4 Å². The molecule has 88 valence electrons. The Bertz CT molecular complexity index is 610. The van der Waals surface area contributed by atoms with E-state index in [9.17, 15) is 4.79 Å². The number of rotatable bonds is 1. The summed E-state index contributed by atoms with van der Waals surface area (Å²) in [4.78, 5) is 20.1. The molecule has 0 N–H and O–H groups in total. The van der Waals surface area contributed by atoms with E-state index in [0.29, 0.717) is 18.1 Å². The van der Waals surface area contributed by atoms with Gasteiger partial charge in [0.1, 0.15) is 0 Å². The average molecular weight is 238 g/mol. The number of esters is 1. The number of benzene rings is 1. The number of allylic oxidation sites excluding steroid dienone is 1. The standard InChI is InChI=1S/C14H10N2O2/c17-14-12(11-7-4-8-15-9-11)16-13(18-14)10-5-2-1-3-6-10/h1-8H,9H2. The SMILES string of the molecule is O=C1OC(c2ccccc2)=NC1=C1C=CC=NC1. The lowest BCUT2D eigenvalue weighted by atomic mass is 10.1. The number of hydrogen-bond acceptors (Lipinski definition) is 4. The molecule has 2 heterocycles. The molecule has 0 atom stereocenters. The van der Waals surface area contributed by atoms with E-state index in [1.165, 1.54) is 0 Å². The van der Waals surface area contributed by atoms with Crippen LogP contribution in [0.25, 0.3) is 0 Å². The zero-order chi connectivity index (χ0) is 12.4. The Morgan fingerprint density at radius 3 is 2.72 bits per heavy atom. The molecule has 3 rings (SSSR count). The van der Waals surface area contributed by atoms with Crippen LogP contribution in [-0.2, 0) is 9.53 Å². The molecular formula is C14H10N2O2. The number of aliphatic imine (C=N–C) groups is 2. The van der Waals surface area contributed by atoms with Crippen molar-refractivity contribution < 1.29 is 9.53 Å². The lowest BCUT2D eigenvalue weighted by Crippen LogP contribution is -2.06. The fraction of sp³-hybridized carbons (Fsp3) is 0.0714. The minimum absolute atomic E-state index is 0.349. The molecule has 4 heteroatoms. The predicted octanol–water partition coefficient (Wildman–Crippen LogP) is 1.88. The van der Waals surface area contributed by atoms with Crippen molar-refractivity contribution in [2.24, 2.45) is 9.98 Å². The highest BCUT2D eigenvalue weighted by Crippen LogP contribution is 2.21. The first-order valence-corrected chi connectivity index (χ1v) is 5.60. The first kappa shape index (κ1) is 10.7. The van der Waals surface area contributed by atoms with Crippen molar-refractivity contribution in [3.8, 4) is 0 Å². The maximum Gasteiger partial charge on any atom is 0.364 e. The van der Waals surface area contributed by atoms with E-state index in [4.69, 9.17) is 4.74 Å². The second-order valence-electron chi connectivity index (χ2n) is 3.90. The smallest absolute Gasteiger partial charge is 0.364 e. The number of cyclic esters (lactones) is 1. The second kappa shape index (κ2) is 4.41. The fourth-order valence-electron chi connectivity index (χ4n) is 1.79. The predicted molar refractivity (Wildman–Crippen MR) is 68.6 cm³/mol. The van der Waals surface area contributed by atoms with Crippen LogP contribution in [0.1, 0.15) is 5.56 Å². The molecule has 1 aromatic carbocycles. The highest BCUT2D eigenvalue weighted by Gasteiger charge is 2.26. The number of ether oxygens (including phenoxy) is 1. The topological polar surface area (TPSA) is 51.0 Å². The van der Waals surface area contributed by atoms with E-state index in [-0.39, 0.29) is 0 Å². The zero-order valence-electron chi connectivity index (χ0n) is 9.54. The van der Waals surface area contributed by atoms with E-state index >= 15 is 0 Å². The summed E-state index contributed by atoms with van der Waals surface area (Å²) in [7, 11) is 0. The van der Waals surface area contributed by atoms with Crippen LogP contribution < -0.4 is 0 Å². The third kappa shape index (κ3) is 1.88. The van der Waals surface area contributed by atoms with Gasteiger partial charge in [0.15, 0.2) is 5.70 Å². The third-order valence-corrected chi connectivity index (χ3v) is 2.67. The molecule has 18 heavy (non-hydrogen) atoms. The molecule has 0 saturated heterocycles. The summed E-state index contributed by atoms with van der Waals surface area (Å²) in [5.41, 5.74) is 1.93. The van der Waals surface area contributed by atoms with Crippen molar-refractivity contribution in [3.63, 3.8) is 0 Å². The highest BCUT2D eigenvalue weighted by molar-refractivity contribution is 6.11. The molecule has 1 aromatic rings. The molecule has 0 radical (unpaired) electrons. The van der Waals surface area contributed by atoms with Gasteiger partial charge >= 0.3 is 5.97 Å². The van der Waals surface area contributed by atoms with Crippen LogP contribution in [-0.4, -0.2) is 24.6 Å². The molecule has 0 spiro atoms. The monoisotopic (exact) mass is 238 g/mol. The van der Waals surface area contributed by atoms with E-state index in [1.54, 1.807) is 12.3 Å². The lowest BCUT2D eigenvalue weighted by Gasteiger charge is -2.01. The zero-order valence-corrected chi connectivity index (χ0v) is 9.54. The van der Waals surface area contributed by atoms with Crippen molar-refractivity contribution in [1.82, 2.24) is 0 Å². The Morgan fingerprint density at radius 1 is 1.17 bits per heavy atom. The molecular weight excluding hydrogens is 228 g/mol. The van der Waals surface area contributed by atoms with Crippen molar-refractivity contribution in [2.45, 2.75) is 0 Å². The minimum Gasteiger partial charge on any atom is -0.402 e. The van der Waals surface area contributed by atoms with Crippen molar-refractivity contribution in [3.05, 3.63) is 59.3 Å². The van der Waals surface area contributed by atoms with E-state index in [0.717, 1.165) is 11.1 Å². The summed E-state index contributed by atoms with van der Waals surface area (Å²) in [6.07, 6.45) is 5.32. The molecule has 4 nitrogen and oxygen atoms in total. The Morgan fingerprint density at radius 2 is 2.00 bits per heavy atom. The van der Waals surface area contributed by atoms with Crippen LogP contribution in [0.4, 0.5) is 0 Å². The van der Waals surface area contributed by atoms with Gasteiger partial charge in [0.2, 0.25) is 5.90 Å². The summed E-state index contributed by atoms with van der Waals surface area (Å²) in [6, 6.07) is 9.37. The quantitative estimate of drug-likeness (QED) is 0.554. The maximum atomic E-state index is 11.8. The molecule has 0 bridgehead atoms. The van der Waals surface area contributed by atoms with Gasteiger partial charge in [0.25, 0.3) is 0 Å². The van der Waals surface area contributed by atoms with Gasteiger partial charge in [-0.05, 0) is 18.2 Å². The Labute approximate surface area is 104 Å². The number of carbonyl (C=O) groups excluding carboxylic acids is 1. The fourth-order valence-corrected chi connectivity index (χ4v) is 1.79. The normalized spacial score (nSPS) is 22.0. The average Bonchev–Trinajstić information content (AvgIpc) is 2.83. The van der Waals surface area contributed by atoms with Gasteiger partial charge in [-0.3, -0.25) is 4.99 Å². The van der Waals surface area contributed by atoms with Crippen molar-refractivity contribution >= 4 is 18.1 Å². The van der Waals surface area contributed by atoms with E-state index in [2.05, 4.69) is 9.98 Å². The summed E-state index contributed by atoms with van der Waals surface area (Å²) in [5, 5.41) is 0. The highest BCUT2D eigenvalue weighted by atomic mass is 16.6. The van der Waals surface area contributed by atoms with Crippen LogP contribution in [0, 0.1) is 0 Å². The van der Waals surface area contributed by atoms with Gasteiger partial charge in [-0.1, -0.05) is 24.3 Å². The molecule has 0 aromatic heterocycles. The lowest BCUT2D eigenvalue weighted by molar-refractivity contribution is -0.130. The summed E-state index contributed by atoms with van der Waals surface area (Å²) >= 11 is 0. The van der Waals surface area contributed by atoms with Crippen LogP contribution in [0.2, 0.25) is 0 Å². The number of hydrogen-bond donors (Lipinski definition) is 0. The maximum absolute atomic E-state index is 11.8. The first-order valence-electron chi connectivity index (χ1n) is 5.60. The molecule has 0 amide bonds. The van der Waals surface area contributed by atoms with Crippen LogP contribution in [0.15, 0.2) is 63.7 Å². The molecule has 2 aliphatic rings. The number of nitrogens with zero attached hydrogens (tertiary/aromatic N) is 2. The minimum atomic E-state index is -0.411. The van der Waals surface area contributed by atoms with Gasteiger partial charge in [-0.15, -0.1) is 0 Å². The van der Waals surface area contributed by atoms with E-state index < -0.39 is 5.97 Å².